The molecule has 1 aromatic heterocycles. The summed E-state index contributed by atoms with van der Waals surface area (Å²) < 4.78 is 0. The topological polar surface area (TPSA) is 57.8 Å². The third-order valence-electron chi connectivity index (χ3n) is 1.57. The number of halogens is 1. The van der Waals surface area contributed by atoms with Crippen LogP contribution in [0.4, 0.5) is 0 Å². The SMILES string of the molecule is O=C(CCCCl)NCc1cnc[nH]1. The first kappa shape index (κ1) is 10.1. The van der Waals surface area contributed by atoms with E-state index >= 15 is 0 Å². The highest BCUT2D eigenvalue weighted by Gasteiger charge is 2.00. The van der Waals surface area contributed by atoms with Gasteiger partial charge in [-0.2, -0.15) is 0 Å². The molecule has 13 heavy (non-hydrogen) atoms. The van der Waals surface area contributed by atoms with E-state index < -0.39 is 0 Å². The minimum Gasteiger partial charge on any atom is -0.350 e. The summed E-state index contributed by atoms with van der Waals surface area (Å²) in [6.07, 6.45) is 4.47. The third-order valence-corrected chi connectivity index (χ3v) is 1.84. The zero-order chi connectivity index (χ0) is 9.52. The summed E-state index contributed by atoms with van der Waals surface area (Å²) in [6, 6.07) is 0. The van der Waals surface area contributed by atoms with Gasteiger partial charge in [-0.1, -0.05) is 0 Å². The molecule has 0 saturated carbocycles. The van der Waals surface area contributed by atoms with Crippen molar-refractivity contribution in [2.45, 2.75) is 19.4 Å². The Labute approximate surface area is 81.7 Å². The smallest absolute Gasteiger partial charge is 0.220 e. The van der Waals surface area contributed by atoms with E-state index in [0.29, 0.717) is 18.8 Å². The first-order valence-electron chi connectivity index (χ1n) is 4.13. The zero-order valence-electron chi connectivity index (χ0n) is 7.22. The fourth-order valence-corrected chi connectivity index (χ4v) is 1.02. The van der Waals surface area contributed by atoms with Crippen LogP contribution in [-0.2, 0) is 11.3 Å². The molecule has 0 aliphatic heterocycles. The maximum atomic E-state index is 11.1. The molecule has 0 spiro atoms. The number of carbonyl (C=O) groups excluding carboxylic acids is 1. The Hall–Kier alpha value is -1.03. The molecule has 4 nitrogen and oxygen atoms in total. The first-order valence-corrected chi connectivity index (χ1v) is 4.66. The van der Waals surface area contributed by atoms with Crippen molar-refractivity contribution in [2.75, 3.05) is 5.88 Å². The lowest BCUT2D eigenvalue weighted by molar-refractivity contribution is -0.121. The lowest BCUT2D eigenvalue weighted by Gasteiger charge is -2.01. The molecule has 0 radical (unpaired) electrons. The minimum absolute atomic E-state index is 0.0234. The Morgan fingerprint density at radius 3 is 3.15 bits per heavy atom. The Morgan fingerprint density at radius 1 is 1.69 bits per heavy atom. The molecule has 0 saturated heterocycles. The van der Waals surface area contributed by atoms with Crippen molar-refractivity contribution < 1.29 is 4.79 Å². The molecule has 0 atom stereocenters. The number of rotatable bonds is 5. The molecule has 0 aliphatic rings. The molecular weight excluding hydrogens is 190 g/mol. The van der Waals surface area contributed by atoms with Gasteiger partial charge in [-0.05, 0) is 6.42 Å². The standard InChI is InChI=1S/C8H12ClN3O/c9-3-1-2-8(13)11-5-7-4-10-6-12-7/h4,6H,1-3,5H2,(H,10,12)(H,11,13). The summed E-state index contributed by atoms with van der Waals surface area (Å²) in [5, 5.41) is 2.75. The highest BCUT2D eigenvalue weighted by molar-refractivity contribution is 6.17. The normalized spacial score (nSPS) is 9.92. The molecule has 0 bridgehead atoms. The van der Waals surface area contributed by atoms with Gasteiger partial charge in [0.25, 0.3) is 0 Å². The summed E-state index contributed by atoms with van der Waals surface area (Å²) in [6.45, 7) is 0.501. The molecule has 72 valence electrons. The number of alkyl halides is 1. The van der Waals surface area contributed by atoms with E-state index in [1.54, 1.807) is 12.5 Å². The number of amides is 1. The fourth-order valence-electron chi connectivity index (χ4n) is 0.891. The number of hydrogen-bond donors (Lipinski definition) is 2. The van der Waals surface area contributed by atoms with Gasteiger partial charge in [-0.15, -0.1) is 11.6 Å². The van der Waals surface area contributed by atoms with Gasteiger partial charge in [0.05, 0.1) is 18.6 Å². The van der Waals surface area contributed by atoms with Crippen LogP contribution in [-0.4, -0.2) is 21.8 Å². The summed E-state index contributed by atoms with van der Waals surface area (Å²) in [4.78, 5) is 17.8. The fraction of sp³-hybridized carbons (Fsp3) is 0.500. The van der Waals surface area contributed by atoms with Gasteiger partial charge in [0.1, 0.15) is 0 Å². The second-order valence-electron chi connectivity index (χ2n) is 2.65. The number of carbonyl (C=O) groups is 1. The van der Waals surface area contributed by atoms with Gasteiger partial charge >= 0.3 is 0 Å². The van der Waals surface area contributed by atoms with Crippen LogP contribution < -0.4 is 5.32 Å². The lowest BCUT2D eigenvalue weighted by Crippen LogP contribution is -2.22. The average molecular weight is 202 g/mol. The largest absolute Gasteiger partial charge is 0.350 e. The van der Waals surface area contributed by atoms with Crippen LogP contribution in [0.25, 0.3) is 0 Å². The quantitative estimate of drug-likeness (QED) is 0.700. The van der Waals surface area contributed by atoms with Gasteiger partial charge in [-0.25, -0.2) is 4.98 Å². The van der Waals surface area contributed by atoms with Crippen molar-refractivity contribution in [3.8, 4) is 0 Å². The van der Waals surface area contributed by atoms with Crippen LogP contribution in [0, 0.1) is 0 Å². The van der Waals surface area contributed by atoms with E-state index in [0.717, 1.165) is 12.1 Å². The van der Waals surface area contributed by atoms with Crippen molar-refractivity contribution in [3.63, 3.8) is 0 Å². The average Bonchev–Trinajstić information content (AvgIpc) is 2.64. The highest BCUT2D eigenvalue weighted by Crippen LogP contribution is 1.93. The van der Waals surface area contributed by atoms with E-state index in [4.69, 9.17) is 11.6 Å². The van der Waals surface area contributed by atoms with Crippen LogP contribution in [0.1, 0.15) is 18.5 Å². The van der Waals surface area contributed by atoms with Crippen LogP contribution in [0.5, 0.6) is 0 Å². The molecule has 1 amide bonds. The number of aromatic nitrogens is 2. The Balaban J connectivity index is 2.15. The molecule has 5 heteroatoms. The number of hydrogen-bond acceptors (Lipinski definition) is 2. The van der Waals surface area contributed by atoms with Crippen molar-refractivity contribution in [1.29, 1.82) is 0 Å². The summed E-state index contributed by atoms with van der Waals surface area (Å²) >= 11 is 5.45. The third kappa shape index (κ3) is 3.94. The van der Waals surface area contributed by atoms with Gasteiger partial charge in [0.15, 0.2) is 0 Å². The van der Waals surface area contributed by atoms with E-state index in [9.17, 15) is 4.79 Å². The van der Waals surface area contributed by atoms with Crippen molar-refractivity contribution in [2.24, 2.45) is 0 Å². The van der Waals surface area contributed by atoms with Crippen molar-refractivity contribution in [1.82, 2.24) is 15.3 Å². The first-order chi connectivity index (χ1) is 6.33. The molecule has 1 heterocycles. The van der Waals surface area contributed by atoms with Crippen LogP contribution in [0.15, 0.2) is 12.5 Å². The lowest BCUT2D eigenvalue weighted by atomic mass is 10.3. The van der Waals surface area contributed by atoms with E-state index in [1.165, 1.54) is 0 Å². The highest BCUT2D eigenvalue weighted by atomic mass is 35.5. The maximum Gasteiger partial charge on any atom is 0.220 e. The number of H-pyrrole nitrogens is 1. The summed E-state index contributed by atoms with van der Waals surface area (Å²) in [5.74, 6) is 0.549. The Bertz CT molecular complexity index is 248. The van der Waals surface area contributed by atoms with E-state index in [2.05, 4.69) is 15.3 Å². The monoisotopic (exact) mass is 201 g/mol. The molecule has 0 aliphatic carbocycles. The summed E-state index contributed by atoms with van der Waals surface area (Å²) in [7, 11) is 0. The number of aromatic amines is 1. The van der Waals surface area contributed by atoms with E-state index in [1.807, 2.05) is 0 Å². The summed E-state index contributed by atoms with van der Waals surface area (Å²) in [5.41, 5.74) is 0.902. The second-order valence-corrected chi connectivity index (χ2v) is 3.02. The van der Waals surface area contributed by atoms with Crippen LogP contribution in [0.2, 0.25) is 0 Å². The maximum absolute atomic E-state index is 11.1. The van der Waals surface area contributed by atoms with Gasteiger partial charge in [-0.3, -0.25) is 4.79 Å². The molecular formula is C8H12ClN3O. The van der Waals surface area contributed by atoms with Crippen molar-refractivity contribution in [3.05, 3.63) is 18.2 Å². The molecule has 1 aromatic rings. The predicted octanol–water partition coefficient (Wildman–Crippen LogP) is 1.04. The predicted molar refractivity (Wildman–Crippen MR) is 50.4 cm³/mol. The Kier molecular flexibility index (Phi) is 4.32. The van der Waals surface area contributed by atoms with Gasteiger partial charge in [0, 0.05) is 18.5 Å². The van der Waals surface area contributed by atoms with Crippen LogP contribution in [0.3, 0.4) is 0 Å². The van der Waals surface area contributed by atoms with Gasteiger partial charge < -0.3 is 10.3 Å². The van der Waals surface area contributed by atoms with Crippen LogP contribution >= 0.6 is 11.6 Å². The zero-order valence-corrected chi connectivity index (χ0v) is 7.97. The Morgan fingerprint density at radius 2 is 2.54 bits per heavy atom. The second kappa shape index (κ2) is 5.59. The molecule has 1 rings (SSSR count). The molecule has 2 N–H and O–H groups in total. The number of imidazole rings is 1. The number of nitrogens with zero attached hydrogens (tertiary/aromatic N) is 1. The van der Waals surface area contributed by atoms with Crippen molar-refractivity contribution >= 4 is 17.5 Å². The number of nitrogens with one attached hydrogen (secondary N) is 2. The minimum atomic E-state index is 0.0234. The molecule has 0 fully saturated rings. The van der Waals surface area contributed by atoms with Gasteiger partial charge in [0.2, 0.25) is 5.91 Å². The molecule has 0 aromatic carbocycles. The molecule has 0 unspecified atom stereocenters. The van der Waals surface area contributed by atoms with E-state index in [-0.39, 0.29) is 5.91 Å².